The first-order chi connectivity index (χ1) is 12.0. The maximum atomic E-state index is 12.5. The predicted molar refractivity (Wildman–Crippen MR) is 95.4 cm³/mol. The molecule has 1 aliphatic rings. The van der Waals surface area contributed by atoms with Gasteiger partial charge in [-0.3, -0.25) is 4.79 Å². The molecule has 1 saturated heterocycles. The van der Waals surface area contributed by atoms with Gasteiger partial charge in [-0.25, -0.2) is 8.42 Å². The Morgan fingerprint density at radius 3 is 2.32 bits per heavy atom. The summed E-state index contributed by atoms with van der Waals surface area (Å²) in [7, 11) is -1.94. The molecule has 3 rings (SSSR count). The zero-order valence-electron chi connectivity index (χ0n) is 13.9. The van der Waals surface area contributed by atoms with Crippen molar-refractivity contribution in [3.63, 3.8) is 0 Å². The zero-order valence-corrected chi connectivity index (χ0v) is 14.8. The van der Waals surface area contributed by atoms with Crippen molar-refractivity contribution in [3.8, 4) is 5.75 Å². The molecule has 0 aliphatic carbocycles. The fourth-order valence-electron chi connectivity index (χ4n) is 2.80. The molecule has 0 atom stereocenters. The Hall–Kier alpha value is -2.38. The molecule has 1 fully saturated rings. The van der Waals surface area contributed by atoms with E-state index in [0.717, 1.165) is 12.8 Å². The van der Waals surface area contributed by atoms with E-state index >= 15 is 0 Å². The average Bonchev–Trinajstić information content (AvgIpc) is 3.18. The lowest BCUT2D eigenvalue weighted by atomic mass is 10.2. The van der Waals surface area contributed by atoms with Crippen molar-refractivity contribution in [1.29, 1.82) is 0 Å². The van der Waals surface area contributed by atoms with E-state index in [1.807, 2.05) is 6.07 Å². The number of hydrogen-bond donors (Lipinski definition) is 1. The van der Waals surface area contributed by atoms with E-state index in [2.05, 4.69) is 5.32 Å². The van der Waals surface area contributed by atoms with E-state index in [4.69, 9.17) is 4.74 Å². The van der Waals surface area contributed by atoms with Gasteiger partial charge in [-0.2, -0.15) is 4.31 Å². The van der Waals surface area contributed by atoms with Crippen molar-refractivity contribution in [3.05, 3.63) is 54.1 Å². The van der Waals surface area contributed by atoms with E-state index in [1.54, 1.807) is 18.2 Å². The van der Waals surface area contributed by atoms with E-state index in [1.165, 1.54) is 35.7 Å². The smallest absolute Gasteiger partial charge is 0.255 e. The summed E-state index contributed by atoms with van der Waals surface area (Å²) < 4.78 is 31.7. The van der Waals surface area contributed by atoms with Gasteiger partial charge >= 0.3 is 0 Å². The molecule has 1 aliphatic heterocycles. The lowest BCUT2D eigenvalue weighted by Gasteiger charge is -2.15. The Labute approximate surface area is 147 Å². The van der Waals surface area contributed by atoms with Crippen LogP contribution in [0.25, 0.3) is 0 Å². The first kappa shape index (κ1) is 17.4. The second-order valence-electron chi connectivity index (χ2n) is 5.79. The van der Waals surface area contributed by atoms with Crippen molar-refractivity contribution in [2.45, 2.75) is 17.7 Å². The highest BCUT2D eigenvalue weighted by Crippen LogP contribution is 2.24. The van der Waals surface area contributed by atoms with Crippen molar-refractivity contribution in [2.75, 3.05) is 25.5 Å². The number of nitrogens with one attached hydrogen (secondary N) is 1. The summed E-state index contributed by atoms with van der Waals surface area (Å²) in [5, 5.41) is 2.77. The van der Waals surface area contributed by atoms with E-state index in [-0.39, 0.29) is 10.8 Å². The number of methoxy groups -OCH3 is 1. The SMILES string of the molecule is COc1ccccc1NC(=O)c1ccc(S(=O)(=O)N2CCCC2)cc1. The molecule has 0 saturated carbocycles. The molecule has 1 amide bonds. The minimum Gasteiger partial charge on any atom is -0.495 e. The molecular weight excluding hydrogens is 340 g/mol. The number of sulfonamides is 1. The van der Waals surface area contributed by atoms with Crippen LogP contribution in [-0.4, -0.2) is 38.8 Å². The molecule has 0 spiro atoms. The van der Waals surface area contributed by atoms with Crippen LogP contribution in [0.5, 0.6) is 5.75 Å². The Bertz CT molecular complexity index is 857. The van der Waals surface area contributed by atoms with E-state index in [0.29, 0.717) is 30.1 Å². The number of benzene rings is 2. The fraction of sp³-hybridized carbons (Fsp3) is 0.278. The standard InChI is InChI=1S/C18H20N2O4S/c1-24-17-7-3-2-6-16(17)19-18(21)14-8-10-15(11-9-14)25(22,23)20-12-4-5-13-20/h2-3,6-11H,4-5,12-13H2,1H3,(H,19,21). The highest BCUT2D eigenvalue weighted by molar-refractivity contribution is 7.89. The second-order valence-corrected chi connectivity index (χ2v) is 7.73. The summed E-state index contributed by atoms with van der Waals surface area (Å²) in [5.74, 6) is 0.235. The lowest BCUT2D eigenvalue weighted by molar-refractivity contribution is 0.102. The van der Waals surface area contributed by atoms with Crippen LogP contribution in [-0.2, 0) is 10.0 Å². The Morgan fingerprint density at radius 1 is 1.04 bits per heavy atom. The number of hydrogen-bond acceptors (Lipinski definition) is 4. The minimum atomic E-state index is -3.47. The first-order valence-corrected chi connectivity index (χ1v) is 9.51. The third-order valence-electron chi connectivity index (χ3n) is 4.17. The average molecular weight is 360 g/mol. The number of carbonyl (C=O) groups is 1. The van der Waals surface area contributed by atoms with Crippen molar-refractivity contribution in [2.24, 2.45) is 0 Å². The maximum absolute atomic E-state index is 12.5. The van der Waals surface area contributed by atoms with Crippen LogP contribution >= 0.6 is 0 Å². The molecule has 2 aromatic rings. The van der Waals surface area contributed by atoms with Gasteiger partial charge in [0, 0.05) is 18.7 Å². The lowest BCUT2D eigenvalue weighted by Crippen LogP contribution is -2.27. The molecule has 0 radical (unpaired) electrons. The summed E-state index contributed by atoms with van der Waals surface area (Å²) in [6.45, 7) is 1.11. The number of nitrogens with zero attached hydrogens (tertiary/aromatic N) is 1. The van der Waals surface area contributed by atoms with Gasteiger partial charge in [-0.1, -0.05) is 12.1 Å². The highest BCUT2D eigenvalue weighted by atomic mass is 32.2. The minimum absolute atomic E-state index is 0.211. The van der Waals surface area contributed by atoms with Gasteiger partial charge in [0.2, 0.25) is 10.0 Å². The normalized spacial score (nSPS) is 15.1. The summed E-state index contributed by atoms with van der Waals surface area (Å²) in [4.78, 5) is 12.6. The molecule has 0 unspecified atom stereocenters. The second kappa shape index (κ2) is 7.25. The van der Waals surface area contributed by atoms with Gasteiger partial charge in [-0.15, -0.1) is 0 Å². The summed E-state index contributed by atoms with van der Waals surface area (Å²) in [6.07, 6.45) is 1.78. The summed E-state index contributed by atoms with van der Waals surface area (Å²) >= 11 is 0. The first-order valence-electron chi connectivity index (χ1n) is 8.07. The topological polar surface area (TPSA) is 75.7 Å². The highest BCUT2D eigenvalue weighted by Gasteiger charge is 2.27. The number of rotatable bonds is 5. The Morgan fingerprint density at radius 2 is 1.68 bits per heavy atom. The zero-order chi connectivity index (χ0) is 17.9. The Balaban J connectivity index is 1.77. The molecule has 1 N–H and O–H groups in total. The number of amides is 1. The maximum Gasteiger partial charge on any atom is 0.255 e. The predicted octanol–water partition coefficient (Wildman–Crippen LogP) is 2.73. The van der Waals surface area contributed by atoms with Gasteiger partial charge in [0.15, 0.2) is 0 Å². The molecule has 132 valence electrons. The van der Waals surface area contributed by atoms with Crippen LogP contribution < -0.4 is 10.1 Å². The van der Waals surface area contributed by atoms with Crippen LogP contribution in [0, 0.1) is 0 Å². The fourth-order valence-corrected chi connectivity index (χ4v) is 4.32. The van der Waals surface area contributed by atoms with Crippen LogP contribution in [0.4, 0.5) is 5.69 Å². The monoisotopic (exact) mass is 360 g/mol. The third-order valence-corrected chi connectivity index (χ3v) is 6.09. The Kier molecular flexibility index (Phi) is 5.06. The number of ether oxygens (including phenoxy) is 1. The van der Waals surface area contributed by atoms with Crippen LogP contribution in [0.15, 0.2) is 53.4 Å². The molecule has 2 aromatic carbocycles. The molecule has 7 heteroatoms. The molecule has 0 bridgehead atoms. The molecule has 6 nitrogen and oxygen atoms in total. The molecular formula is C18H20N2O4S. The third kappa shape index (κ3) is 3.67. The van der Waals surface area contributed by atoms with Crippen LogP contribution in [0.2, 0.25) is 0 Å². The molecule has 25 heavy (non-hydrogen) atoms. The van der Waals surface area contributed by atoms with Crippen LogP contribution in [0.1, 0.15) is 23.2 Å². The molecule has 1 heterocycles. The van der Waals surface area contributed by atoms with E-state index < -0.39 is 10.0 Å². The van der Waals surface area contributed by atoms with Gasteiger partial charge < -0.3 is 10.1 Å². The molecule has 0 aromatic heterocycles. The van der Waals surface area contributed by atoms with Gasteiger partial charge in [0.1, 0.15) is 5.75 Å². The van der Waals surface area contributed by atoms with Crippen molar-refractivity contribution >= 4 is 21.6 Å². The van der Waals surface area contributed by atoms with Crippen LogP contribution in [0.3, 0.4) is 0 Å². The number of para-hydroxylation sites is 2. The van der Waals surface area contributed by atoms with Gasteiger partial charge in [0.05, 0.1) is 17.7 Å². The van der Waals surface area contributed by atoms with Gasteiger partial charge in [0.25, 0.3) is 5.91 Å². The van der Waals surface area contributed by atoms with E-state index in [9.17, 15) is 13.2 Å². The van der Waals surface area contributed by atoms with Crippen molar-refractivity contribution < 1.29 is 17.9 Å². The largest absolute Gasteiger partial charge is 0.495 e. The summed E-state index contributed by atoms with van der Waals surface area (Å²) in [6, 6.07) is 13.1. The quantitative estimate of drug-likeness (QED) is 0.890. The number of anilines is 1. The number of carbonyl (C=O) groups excluding carboxylic acids is 1. The van der Waals surface area contributed by atoms with Crippen molar-refractivity contribution in [1.82, 2.24) is 4.31 Å². The van der Waals surface area contributed by atoms with Gasteiger partial charge in [-0.05, 0) is 49.2 Å². The summed E-state index contributed by atoms with van der Waals surface area (Å²) in [5.41, 5.74) is 0.940.